The molecule has 0 aliphatic carbocycles. The van der Waals surface area contributed by atoms with Gasteiger partial charge in [-0.05, 0) is 6.92 Å². The molecule has 0 aromatic rings. The molecule has 1 unspecified atom stereocenters. The Bertz CT molecular complexity index is 273. The van der Waals surface area contributed by atoms with E-state index in [9.17, 15) is 9.59 Å². The molecule has 1 aliphatic heterocycles. The van der Waals surface area contributed by atoms with Crippen LogP contribution in [0.25, 0.3) is 0 Å². The Hall–Kier alpha value is -0.860. The molecule has 1 aliphatic rings. The summed E-state index contributed by atoms with van der Waals surface area (Å²) in [5.74, 6) is -3.51. The normalized spacial score (nSPS) is 43.7. The molecule has 50 valence electrons. The predicted octanol–water partition coefficient (Wildman–Crippen LogP) is 0.138. The van der Waals surface area contributed by atoms with Gasteiger partial charge < -0.3 is 4.74 Å². The van der Waals surface area contributed by atoms with Crippen molar-refractivity contribution in [3.63, 3.8) is 0 Å². The van der Waals surface area contributed by atoms with E-state index < -0.39 is 30.6 Å². The molecule has 1 heterocycles. The Morgan fingerprint density at radius 1 is 2.00 bits per heavy atom. The maximum atomic E-state index is 10.9. The van der Waals surface area contributed by atoms with E-state index in [1.807, 2.05) is 0 Å². The van der Waals surface area contributed by atoms with Gasteiger partial charge >= 0.3 is 5.97 Å². The summed E-state index contributed by atoms with van der Waals surface area (Å²) in [6.07, 6.45) is -2.59. The largest absolute Gasteiger partial charge is 0.465 e. The fourth-order valence-corrected chi connectivity index (χ4v) is 0.524. The zero-order chi connectivity index (χ0) is 10.4. The number of carbonyl (C=O) groups is 2. The van der Waals surface area contributed by atoms with Crippen LogP contribution in [0.15, 0.2) is 0 Å². The molecule has 3 nitrogen and oxygen atoms in total. The monoisotopic (exact) mass is 132 g/mol. The van der Waals surface area contributed by atoms with E-state index in [0.717, 1.165) is 6.92 Å². The second kappa shape index (κ2) is 2.17. The van der Waals surface area contributed by atoms with E-state index in [2.05, 4.69) is 4.74 Å². The van der Waals surface area contributed by atoms with Crippen molar-refractivity contribution in [2.24, 2.45) is 5.92 Å². The number of esters is 1. The van der Waals surface area contributed by atoms with E-state index in [-0.39, 0.29) is 0 Å². The predicted molar refractivity (Wildman–Crippen MR) is 29.7 cm³/mol. The van der Waals surface area contributed by atoms with Crippen LogP contribution in [0.4, 0.5) is 0 Å². The molecule has 0 radical (unpaired) electrons. The van der Waals surface area contributed by atoms with Crippen molar-refractivity contribution in [2.45, 2.75) is 13.3 Å². The Balaban J connectivity index is 3.13. The number of carbonyl (C=O) groups excluding carboxylic acids is 2. The summed E-state index contributed by atoms with van der Waals surface area (Å²) in [6, 6.07) is 0. The van der Waals surface area contributed by atoms with Gasteiger partial charge in [0.25, 0.3) is 0 Å². The van der Waals surface area contributed by atoms with Gasteiger partial charge in [-0.2, -0.15) is 0 Å². The molecule has 1 saturated heterocycles. The highest BCUT2D eigenvalue weighted by Crippen LogP contribution is 2.14. The number of ketones is 1. The lowest BCUT2D eigenvalue weighted by molar-refractivity contribution is -0.144. The molecule has 0 saturated carbocycles. The highest BCUT2D eigenvalue weighted by molar-refractivity contribution is 5.98. The van der Waals surface area contributed by atoms with Gasteiger partial charge in [0.15, 0.2) is 0 Å². The van der Waals surface area contributed by atoms with Crippen molar-refractivity contribution >= 4 is 11.8 Å². The zero-order valence-electron chi connectivity index (χ0n) is 8.80. The molecule has 0 spiro atoms. The first-order chi connectivity index (χ1) is 5.70. The van der Waals surface area contributed by atoms with Gasteiger partial charge in [-0.3, -0.25) is 9.59 Å². The van der Waals surface area contributed by atoms with Crippen molar-refractivity contribution in [1.29, 1.82) is 0 Å². The lowest BCUT2D eigenvalue weighted by atomic mass is 10.1. The lowest BCUT2D eigenvalue weighted by Crippen LogP contribution is -2.15. The van der Waals surface area contributed by atoms with Gasteiger partial charge in [-0.1, -0.05) is 0 Å². The van der Waals surface area contributed by atoms with Crippen LogP contribution in [0.3, 0.4) is 0 Å². The summed E-state index contributed by atoms with van der Waals surface area (Å²) < 4.78 is 32.7. The molecule has 0 aromatic carbocycles. The van der Waals surface area contributed by atoms with Crippen molar-refractivity contribution in [3.8, 4) is 0 Å². The summed E-state index contributed by atoms with van der Waals surface area (Å²) in [5.41, 5.74) is 0. The summed E-state index contributed by atoms with van der Waals surface area (Å²) in [4.78, 5) is 21.8. The van der Waals surface area contributed by atoms with Crippen molar-refractivity contribution < 1.29 is 19.8 Å². The molecule has 1 atom stereocenters. The van der Waals surface area contributed by atoms with Crippen LogP contribution in [0.2, 0.25) is 0 Å². The Kier molecular flexibility index (Phi) is 0.679. The van der Waals surface area contributed by atoms with Gasteiger partial charge in [0.1, 0.15) is 11.7 Å². The van der Waals surface area contributed by atoms with E-state index >= 15 is 0 Å². The minimum absolute atomic E-state index is 0.726. The molecule has 0 N–H and O–H groups in total. The Morgan fingerprint density at radius 2 is 2.67 bits per heavy atom. The smallest absolute Gasteiger partial charge is 0.316 e. The fourth-order valence-electron chi connectivity index (χ4n) is 0.524. The molecular weight excluding hydrogens is 120 g/mol. The third-order valence-electron chi connectivity index (χ3n) is 0.997. The Morgan fingerprint density at radius 3 is 2.89 bits per heavy atom. The third kappa shape index (κ3) is 1.09. The average molecular weight is 132 g/mol. The van der Waals surface area contributed by atoms with E-state index in [1.54, 1.807) is 0 Å². The maximum absolute atomic E-state index is 10.9. The topological polar surface area (TPSA) is 43.4 Å². The standard InChI is InChI=1S/C6H8O3/c1-4(7)5-2-3-9-6(5)8/h5H,2-3H2,1H3/i2D2,3D2. The van der Waals surface area contributed by atoms with E-state index in [4.69, 9.17) is 5.48 Å². The van der Waals surface area contributed by atoms with Crippen molar-refractivity contribution in [1.82, 2.24) is 0 Å². The number of Topliss-reactive ketones (excluding diaryl/α,β-unsaturated/α-hetero) is 1. The molecule has 9 heavy (non-hydrogen) atoms. The Labute approximate surface area is 58.6 Å². The number of hydrogen-bond donors (Lipinski definition) is 0. The van der Waals surface area contributed by atoms with Gasteiger partial charge in [0, 0.05) is 9.11 Å². The second-order valence-electron chi connectivity index (χ2n) is 1.71. The molecule has 3 heteroatoms. The van der Waals surface area contributed by atoms with Crippen molar-refractivity contribution in [3.05, 3.63) is 0 Å². The van der Waals surface area contributed by atoms with Gasteiger partial charge in [0.2, 0.25) is 0 Å². The average Bonchev–Trinajstić information content (AvgIpc) is 1.96. The van der Waals surface area contributed by atoms with Gasteiger partial charge in [0.05, 0.1) is 9.30 Å². The zero-order valence-corrected chi connectivity index (χ0v) is 4.80. The summed E-state index contributed by atoms with van der Waals surface area (Å²) in [7, 11) is 0. The van der Waals surface area contributed by atoms with Gasteiger partial charge in [-0.15, -0.1) is 0 Å². The maximum Gasteiger partial charge on any atom is 0.316 e. The van der Waals surface area contributed by atoms with Crippen LogP contribution in [-0.2, 0) is 14.3 Å². The molecule has 0 bridgehead atoms. The number of rotatable bonds is 1. The molecule has 0 amide bonds. The highest BCUT2D eigenvalue weighted by atomic mass is 16.5. The van der Waals surface area contributed by atoms with Crippen LogP contribution in [0.5, 0.6) is 0 Å². The summed E-state index contributed by atoms with van der Waals surface area (Å²) >= 11 is 0. The van der Waals surface area contributed by atoms with Crippen LogP contribution >= 0.6 is 0 Å². The first-order valence-electron chi connectivity index (χ1n) is 4.43. The minimum atomic E-state index is -2.72. The fraction of sp³-hybridized carbons (Fsp3) is 0.667. The van der Waals surface area contributed by atoms with E-state index in [1.165, 1.54) is 0 Å². The van der Waals surface area contributed by atoms with Gasteiger partial charge in [-0.25, -0.2) is 0 Å². The number of hydrogen-bond acceptors (Lipinski definition) is 3. The van der Waals surface area contributed by atoms with Crippen LogP contribution in [0, 0.1) is 5.92 Å². The quantitative estimate of drug-likeness (QED) is 0.376. The van der Waals surface area contributed by atoms with Crippen LogP contribution in [-0.4, -0.2) is 18.3 Å². The van der Waals surface area contributed by atoms with Crippen molar-refractivity contribution in [2.75, 3.05) is 6.56 Å². The second-order valence-corrected chi connectivity index (χ2v) is 1.71. The lowest BCUT2D eigenvalue weighted by Gasteiger charge is -1.95. The number of cyclic esters (lactones) is 1. The number of ether oxygens (including phenoxy) is 1. The SMILES string of the molecule is [2H]C1([2H])OC(=O)C(C(C)=O)C1([2H])[2H]. The molecule has 1 fully saturated rings. The first-order valence-corrected chi connectivity index (χ1v) is 2.43. The minimum Gasteiger partial charge on any atom is -0.465 e. The molecule has 1 rings (SSSR count). The van der Waals surface area contributed by atoms with Crippen LogP contribution in [0.1, 0.15) is 18.8 Å². The summed E-state index contributed by atoms with van der Waals surface area (Å²) in [5, 5.41) is 0. The molecular formula is C6H8O3. The van der Waals surface area contributed by atoms with E-state index in [0.29, 0.717) is 0 Å². The third-order valence-corrected chi connectivity index (χ3v) is 0.997. The highest BCUT2D eigenvalue weighted by Gasteiger charge is 2.29. The first kappa shape index (κ1) is 2.82. The molecule has 0 aromatic heterocycles. The van der Waals surface area contributed by atoms with Crippen LogP contribution < -0.4 is 0 Å². The summed E-state index contributed by atoms with van der Waals surface area (Å²) in [6.45, 7) is -1.69.